The number of alkyl halides is 2. The van der Waals surface area contributed by atoms with E-state index >= 15 is 0 Å². The van der Waals surface area contributed by atoms with Crippen molar-refractivity contribution in [3.05, 3.63) is 35.5 Å². The highest BCUT2D eigenvalue weighted by Gasteiger charge is 2.32. The number of carbonyl (C=O) groups excluding carboxylic acids is 1. The van der Waals surface area contributed by atoms with Crippen LogP contribution < -0.4 is 15.2 Å². The summed E-state index contributed by atoms with van der Waals surface area (Å²) in [5.41, 5.74) is 3.78. The smallest absolute Gasteiger partial charge is 0.265 e. The van der Waals surface area contributed by atoms with Gasteiger partial charge >= 0.3 is 0 Å². The zero-order valence-electron chi connectivity index (χ0n) is 24.6. The van der Waals surface area contributed by atoms with Gasteiger partial charge in [-0.1, -0.05) is 25.3 Å². The number of halogens is 2. The molecule has 0 radical (unpaired) electrons. The average molecular weight is 617 g/mol. The molecule has 1 heterocycles. The van der Waals surface area contributed by atoms with Gasteiger partial charge in [0.1, 0.15) is 4.90 Å². The SMILES string of the molecule is Cc1c(S(=O)(=O)NCC(C)(C)C(N)=O)cc(-c2ccc(S(=O)(=O)NC(C)(C)C)c(C(F)F)c2)n1CC1CCCCC1. The molecule has 0 spiro atoms. The normalized spacial score (nSPS) is 15.9. The monoisotopic (exact) mass is 616 g/mol. The summed E-state index contributed by atoms with van der Waals surface area (Å²) in [6, 6.07) is 5.10. The van der Waals surface area contributed by atoms with Gasteiger partial charge in [0, 0.05) is 35.6 Å². The van der Waals surface area contributed by atoms with Crippen LogP contribution in [0.15, 0.2) is 34.1 Å². The molecule has 13 heteroatoms. The Morgan fingerprint density at radius 3 is 2.15 bits per heavy atom. The van der Waals surface area contributed by atoms with Crippen LogP contribution in [0.1, 0.15) is 84.4 Å². The Morgan fingerprint density at radius 2 is 1.61 bits per heavy atom. The number of hydrogen-bond acceptors (Lipinski definition) is 5. The molecule has 1 saturated carbocycles. The number of hydrogen-bond donors (Lipinski definition) is 3. The van der Waals surface area contributed by atoms with Gasteiger partial charge in [0.25, 0.3) is 6.43 Å². The summed E-state index contributed by atoms with van der Waals surface area (Å²) in [6.07, 6.45) is 2.06. The second-order valence-electron chi connectivity index (χ2n) is 12.6. The van der Waals surface area contributed by atoms with Crippen LogP contribution in [0.5, 0.6) is 0 Å². The Morgan fingerprint density at radius 1 is 1.00 bits per heavy atom. The number of primary amides is 1. The zero-order chi connectivity index (χ0) is 31.0. The van der Waals surface area contributed by atoms with Crippen molar-refractivity contribution in [2.45, 2.75) is 102 Å². The average Bonchev–Trinajstić information content (AvgIpc) is 3.18. The number of amides is 1. The first-order valence-electron chi connectivity index (χ1n) is 13.7. The summed E-state index contributed by atoms with van der Waals surface area (Å²) in [6.45, 7) is 9.81. The predicted molar refractivity (Wildman–Crippen MR) is 154 cm³/mol. The number of carbonyl (C=O) groups is 1. The summed E-state index contributed by atoms with van der Waals surface area (Å²) in [5.74, 6) is -0.390. The fourth-order valence-electron chi connectivity index (χ4n) is 5.02. The fraction of sp³-hybridized carbons (Fsp3) is 0.607. The molecule has 9 nitrogen and oxygen atoms in total. The van der Waals surface area contributed by atoms with Crippen LogP contribution in [0.25, 0.3) is 11.3 Å². The van der Waals surface area contributed by atoms with E-state index in [1.54, 1.807) is 27.7 Å². The Hall–Kier alpha value is -2.35. The van der Waals surface area contributed by atoms with Crippen molar-refractivity contribution < 1.29 is 30.4 Å². The highest BCUT2D eigenvalue weighted by Crippen LogP contribution is 2.36. The first-order chi connectivity index (χ1) is 18.7. The maximum absolute atomic E-state index is 14.3. The van der Waals surface area contributed by atoms with Crippen LogP contribution >= 0.6 is 0 Å². The number of sulfonamides is 2. The van der Waals surface area contributed by atoms with Crippen molar-refractivity contribution in [2.75, 3.05) is 6.54 Å². The minimum absolute atomic E-state index is 0.0479. The minimum atomic E-state index is -4.26. The molecule has 1 amide bonds. The minimum Gasteiger partial charge on any atom is -0.369 e. The molecule has 1 aromatic carbocycles. The zero-order valence-corrected chi connectivity index (χ0v) is 26.2. The van der Waals surface area contributed by atoms with Crippen LogP contribution in [-0.4, -0.2) is 39.4 Å². The summed E-state index contributed by atoms with van der Waals surface area (Å²) in [5, 5.41) is 0. The highest BCUT2D eigenvalue weighted by atomic mass is 32.2. The van der Waals surface area contributed by atoms with Crippen molar-refractivity contribution in [3.8, 4) is 11.3 Å². The van der Waals surface area contributed by atoms with Gasteiger partial charge in [0.2, 0.25) is 26.0 Å². The van der Waals surface area contributed by atoms with Gasteiger partial charge in [0.15, 0.2) is 0 Å². The topological polar surface area (TPSA) is 140 Å². The van der Waals surface area contributed by atoms with Gasteiger partial charge in [-0.15, -0.1) is 0 Å². The Labute approximate surface area is 242 Å². The van der Waals surface area contributed by atoms with Gasteiger partial charge in [-0.25, -0.2) is 35.1 Å². The first-order valence-corrected chi connectivity index (χ1v) is 16.7. The molecule has 1 aliphatic carbocycles. The van der Waals surface area contributed by atoms with E-state index in [1.807, 2.05) is 4.57 Å². The molecule has 0 saturated heterocycles. The highest BCUT2D eigenvalue weighted by molar-refractivity contribution is 7.89. The molecule has 0 aliphatic heterocycles. The van der Waals surface area contributed by atoms with E-state index in [0.717, 1.165) is 44.2 Å². The lowest BCUT2D eigenvalue weighted by atomic mass is 9.89. The molecule has 1 fully saturated rings. The van der Waals surface area contributed by atoms with E-state index < -0.39 is 53.8 Å². The molecule has 0 atom stereocenters. The largest absolute Gasteiger partial charge is 0.369 e. The second kappa shape index (κ2) is 12.1. The van der Waals surface area contributed by atoms with Crippen molar-refractivity contribution >= 4 is 26.0 Å². The van der Waals surface area contributed by atoms with Crippen LogP contribution in [0.4, 0.5) is 8.78 Å². The van der Waals surface area contributed by atoms with Gasteiger partial charge in [-0.2, -0.15) is 0 Å². The lowest BCUT2D eigenvalue weighted by Crippen LogP contribution is -2.42. The molecule has 0 bridgehead atoms. The molecular formula is C28H42F2N4O5S2. The van der Waals surface area contributed by atoms with Gasteiger partial charge < -0.3 is 10.3 Å². The summed E-state index contributed by atoms with van der Waals surface area (Å²) in [4.78, 5) is 11.2. The molecule has 1 aliphatic rings. The van der Waals surface area contributed by atoms with Crippen LogP contribution in [0, 0.1) is 18.3 Å². The quantitative estimate of drug-likeness (QED) is 0.331. The van der Waals surface area contributed by atoms with Gasteiger partial charge in [-0.3, -0.25) is 4.79 Å². The van der Waals surface area contributed by atoms with E-state index in [1.165, 1.54) is 26.0 Å². The number of nitrogens with zero attached hydrogens (tertiary/aromatic N) is 1. The van der Waals surface area contributed by atoms with Crippen molar-refractivity contribution in [1.82, 2.24) is 14.0 Å². The number of rotatable bonds is 11. The van der Waals surface area contributed by atoms with E-state index in [-0.39, 0.29) is 22.9 Å². The van der Waals surface area contributed by atoms with Crippen LogP contribution in [0.2, 0.25) is 0 Å². The lowest BCUT2D eigenvalue weighted by Gasteiger charge is -2.25. The Balaban J connectivity index is 2.15. The van der Waals surface area contributed by atoms with E-state index in [4.69, 9.17) is 5.73 Å². The lowest BCUT2D eigenvalue weighted by molar-refractivity contribution is -0.125. The Bertz CT molecular complexity index is 1490. The molecule has 4 N–H and O–H groups in total. The number of nitrogens with two attached hydrogens (primary N) is 1. The Kier molecular flexibility index (Phi) is 9.78. The molecule has 1 aromatic heterocycles. The molecular weight excluding hydrogens is 574 g/mol. The standard InChI is InChI=1S/C28H42F2N4O5S2/c1-18-24(40(36,37)32-17-28(5,6)26(31)35)15-22(34(18)16-19-10-8-7-9-11-19)20-12-13-23(21(14-20)25(29)30)41(38,39)33-27(2,3)4/h12-15,19,25,32-33H,7-11,16-17H2,1-6H3,(H2,31,35). The number of aromatic nitrogens is 1. The summed E-state index contributed by atoms with van der Waals surface area (Å²) >= 11 is 0. The fourth-order valence-corrected chi connectivity index (χ4v) is 8.11. The van der Waals surface area contributed by atoms with E-state index in [9.17, 15) is 30.4 Å². The van der Waals surface area contributed by atoms with E-state index in [0.29, 0.717) is 17.9 Å². The summed E-state index contributed by atoms with van der Waals surface area (Å²) < 4.78 is 88.0. The molecule has 2 aromatic rings. The van der Waals surface area contributed by atoms with Crippen molar-refractivity contribution in [3.63, 3.8) is 0 Å². The molecule has 230 valence electrons. The van der Waals surface area contributed by atoms with Crippen LogP contribution in [-0.2, 0) is 31.4 Å². The number of nitrogens with one attached hydrogen (secondary N) is 2. The van der Waals surface area contributed by atoms with Gasteiger partial charge in [0.05, 0.1) is 10.3 Å². The first kappa shape index (κ1) is 33.2. The number of benzene rings is 1. The molecule has 3 rings (SSSR count). The third kappa shape index (κ3) is 7.94. The maximum atomic E-state index is 14.3. The molecule has 0 unspecified atom stereocenters. The third-order valence-electron chi connectivity index (χ3n) is 7.42. The van der Waals surface area contributed by atoms with Crippen LogP contribution in [0.3, 0.4) is 0 Å². The van der Waals surface area contributed by atoms with E-state index in [2.05, 4.69) is 9.44 Å². The molecule has 41 heavy (non-hydrogen) atoms. The van der Waals surface area contributed by atoms with Crippen molar-refractivity contribution in [1.29, 1.82) is 0 Å². The predicted octanol–water partition coefficient (Wildman–Crippen LogP) is 4.85. The second-order valence-corrected chi connectivity index (χ2v) is 16.0. The maximum Gasteiger partial charge on any atom is 0.265 e. The summed E-state index contributed by atoms with van der Waals surface area (Å²) in [7, 11) is -8.38. The third-order valence-corrected chi connectivity index (χ3v) is 10.8. The van der Waals surface area contributed by atoms with Crippen molar-refractivity contribution in [2.24, 2.45) is 17.1 Å². The van der Waals surface area contributed by atoms with Gasteiger partial charge in [-0.05, 0) is 84.1 Å².